The number of hydrogen-bond acceptors (Lipinski definition) is 6. The Morgan fingerprint density at radius 1 is 0.625 bits per heavy atom. The van der Waals surface area contributed by atoms with E-state index in [1.807, 2.05) is 36.4 Å². The smallest absolute Gasteiger partial charge is 0.147 e. The summed E-state index contributed by atoms with van der Waals surface area (Å²) >= 11 is 0. The molecule has 8 heteroatoms. The Morgan fingerprint density at radius 2 is 0.958 bits per heavy atom. The first-order valence-corrected chi connectivity index (χ1v) is 10.3. The SMILES string of the molecule is O=S1CN(Oc2ccccc2)CS(=O)CN(Oc2ccccc2)C1. The molecular formula is C16H18N2O4S2. The Kier molecular flexibility index (Phi) is 5.97. The highest BCUT2D eigenvalue weighted by atomic mass is 32.2. The van der Waals surface area contributed by atoms with Crippen LogP contribution in [0.5, 0.6) is 11.5 Å². The van der Waals surface area contributed by atoms with Crippen LogP contribution in [0.15, 0.2) is 60.7 Å². The molecule has 2 aromatic carbocycles. The minimum absolute atomic E-state index is 0.162. The number of benzene rings is 2. The zero-order chi connectivity index (χ0) is 16.8. The number of rotatable bonds is 4. The second-order valence-electron chi connectivity index (χ2n) is 5.17. The fraction of sp³-hybridized carbons (Fsp3) is 0.250. The number of hydrogen-bond donors (Lipinski definition) is 0. The van der Waals surface area contributed by atoms with E-state index in [-0.39, 0.29) is 23.5 Å². The average molecular weight is 366 g/mol. The van der Waals surface area contributed by atoms with E-state index in [1.165, 1.54) is 10.1 Å². The Hall–Kier alpha value is -1.74. The molecule has 0 aromatic heterocycles. The van der Waals surface area contributed by atoms with Crippen LogP contribution in [0.1, 0.15) is 0 Å². The normalized spacial score (nSPS) is 23.2. The molecule has 1 fully saturated rings. The molecule has 1 aliphatic heterocycles. The van der Waals surface area contributed by atoms with Gasteiger partial charge in [-0.3, -0.25) is 8.42 Å². The summed E-state index contributed by atoms with van der Waals surface area (Å²) in [6.07, 6.45) is 0. The van der Waals surface area contributed by atoms with E-state index in [0.717, 1.165) is 0 Å². The van der Waals surface area contributed by atoms with E-state index in [9.17, 15) is 8.42 Å². The largest absolute Gasteiger partial charge is 0.404 e. The van der Waals surface area contributed by atoms with Crippen molar-refractivity contribution in [1.82, 2.24) is 10.1 Å². The van der Waals surface area contributed by atoms with Gasteiger partial charge >= 0.3 is 0 Å². The second-order valence-corrected chi connectivity index (χ2v) is 7.96. The van der Waals surface area contributed by atoms with Gasteiger partial charge < -0.3 is 9.68 Å². The molecule has 0 amide bonds. The third kappa shape index (κ3) is 5.13. The topological polar surface area (TPSA) is 59.1 Å². The summed E-state index contributed by atoms with van der Waals surface area (Å²) in [5.74, 6) is 1.91. The quantitative estimate of drug-likeness (QED) is 0.824. The van der Waals surface area contributed by atoms with Crippen molar-refractivity contribution in [3.63, 3.8) is 0 Å². The first-order chi connectivity index (χ1) is 11.7. The lowest BCUT2D eigenvalue weighted by molar-refractivity contribution is -0.0358. The highest BCUT2D eigenvalue weighted by Crippen LogP contribution is 2.15. The highest BCUT2D eigenvalue weighted by molar-refractivity contribution is 7.86. The zero-order valence-corrected chi connectivity index (χ0v) is 14.6. The maximum absolute atomic E-state index is 12.3. The van der Waals surface area contributed by atoms with E-state index in [4.69, 9.17) is 9.68 Å². The van der Waals surface area contributed by atoms with Crippen LogP contribution in [-0.2, 0) is 21.6 Å². The van der Waals surface area contributed by atoms with Crippen molar-refractivity contribution in [1.29, 1.82) is 0 Å². The molecule has 128 valence electrons. The van der Waals surface area contributed by atoms with E-state index in [1.54, 1.807) is 24.3 Å². The van der Waals surface area contributed by atoms with Crippen LogP contribution in [0, 0.1) is 0 Å². The zero-order valence-electron chi connectivity index (χ0n) is 12.9. The second kappa shape index (κ2) is 8.39. The standard InChI is InChI=1S/C16H18N2O4S2/c19-23-11-17(21-15-7-3-1-4-8-15)12-24(20)14-18(13-23)22-16-9-5-2-6-10-16/h1-10H,11-14H2. The van der Waals surface area contributed by atoms with Gasteiger partial charge in [0.1, 0.15) is 35.0 Å². The molecule has 1 saturated heterocycles. The molecule has 0 N–H and O–H groups in total. The van der Waals surface area contributed by atoms with Gasteiger partial charge in [-0.15, -0.1) is 10.1 Å². The van der Waals surface area contributed by atoms with E-state index in [2.05, 4.69) is 0 Å². The van der Waals surface area contributed by atoms with Crippen LogP contribution in [0.3, 0.4) is 0 Å². The van der Waals surface area contributed by atoms with Gasteiger partial charge in [-0.1, -0.05) is 36.4 Å². The molecule has 24 heavy (non-hydrogen) atoms. The molecule has 3 rings (SSSR count). The van der Waals surface area contributed by atoms with Crippen molar-refractivity contribution in [2.75, 3.05) is 23.5 Å². The third-order valence-electron chi connectivity index (χ3n) is 3.11. The van der Waals surface area contributed by atoms with E-state index >= 15 is 0 Å². The minimum Gasteiger partial charge on any atom is -0.404 e. The van der Waals surface area contributed by atoms with Gasteiger partial charge in [-0.25, -0.2) is 0 Å². The van der Waals surface area contributed by atoms with Crippen molar-refractivity contribution in [2.24, 2.45) is 0 Å². The summed E-state index contributed by atoms with van der Waals surface area (Å²) in [6, 6.07) is 18.4. The van der Waals surface area contributed by atoms with Gasteiger partial charge in [0, 0.05) is 0 Å². The van der Waals surface area contributed by atoms with Crippen LogP contribution >= 0.6 is 0 Å². The van der Waals surface area contributed by atoms with Crippen LogP contribution < -0.4 is 9.68 Å². The van der Waals surface area contributed by atoms with Gasteiger partial charge in [0.2, 0.25) is 0 Å². The van der Waals surface area contributed by atoms with Crippen molar-refractivity contribution >= 4 is 21.6 Å². The molecule has 0 unspecified atom stereocenters. The van der Waals surface area contributed by atoms with Crippen LogP contribution in [-0.4, -0.2) is 42.1 Å². The Bertz CT molecular complexity index is 622. The third-order valence-corrected chi connectivity index (χ3v) is 5.41. The first kappa shape index (κ1) is 17.1. The summed E-state index contributed by atoms with van der Waals surface area (Å²) in [5.41, 5.74) is 0. The Labute approximate surface area is 145 Å². The lowest BCUT2D eigenvalue weighted by Crippen LogP contribution is -2.44. The number of nitrogens with zero attached hydrogens (tertiary/aromatic N) is 2. The summed E-state index contributed by atoms with van der Waals surface area (Å²) < 4.78 is 24.6. The highest BCUT2D eigenvalue weighted by Gasteiger charge is 2.24. The summed E-state index contributed by atoms with van der Waals surface area (Å²) in [7, 11) is -2.45. The molecule has 0 saturated carbocycles. The molecule has 0 bridgehead atoms. The maximum atomic E-state index is 12.3. The van der Waals surface area contributed by atoms with Gasteiger partial charge in [0.25, 0.3) is 0 Å². The van der Waals surface area contributed by atoms with Gasteiger partial charge in [-0.2, -0.15) is 0 Å². The average Bonchev–Trinajstić information content (AvgIpc) is 2.55. The predicted octanol–water partition coefficient (Wildman–Crippen LogP) is 1.92. The molecule has 0 aliphatic carbocycles. The Morgan fingerprint density at radius 3 is 1.29 bits per heavy atom. The predicted molar refractivity (Wildman–Crippen MR) is 93.6 cm³/mol. The molecule has 1 aliphatic rings. The van der Waals surface area contributed by atoms with Crippen molar-refractivity contribution in [2.45, 2.75) is 0 Å². The fourth-order valence-corrected chi connectivity index (χ4v) is 4.42. The van der Waals surface area contributed by atoms with E-state index < -0.39 is 21.6 Å². The molecule has 1 heterocycles. The first-order valence-electron chi connectivity index (χ1n) is 7.35. The van der Waals surface area contributed by atoms with Crippen molar-refractivity contribution in [3.8, 4) is 11.5 Å². The summed E-state index contributed by atoms with van der Waals surface area (Å²) in [6.45, 7) is 0. The molecule has 0 spiro atoms. The monoisotopic (exact) mass is 366 g/mol. The minimum atomic E-state index is -1.22. The Balaban J connectivity index is 1.63. The van der Waals surface area contributed by atoms with Crippen LogP contribution in [0.25, 0.3) is 0 Å². The van der Waals surface area contributed by atoms with Crippen molar-refractivity contribution < 1.29 is 18.1 Å². The van der Waals surface area contributed by atoms with E-state index in [0.29, 0.717) is 11.5 Å². The van der Waals surface area contributed by atoms with Gasteiger partial charge in [-0.05, 0) is 24.3 Å². The fourth-order valence-electron chi connectivity index (χ4n) is 2.16. The molecule has 6 nitrogen and oxygen atoms in total. The van der Waals surface area contributed by atoms with Gasteiger partial charge in [0.05, 0.1) is 21.6 Å². The molecular weight excluding hydrogens is 348 g/mol. The van der Waals surface area contributed by atoms with Crippen LogP contribution in [0.4, 0.5) is 0 Å². The summed E-state index contributed by atoms with van der Waals surface area (Å²) in [5, 5.41) is 2.98. The lowest BCUT2D eigenvalue weighted by Gasteiger charge is -2.28. The van der Waals surface area contributed by atoms with Crippen molar-refractivity contribution in [3.05, 3.63) is 60.7 Å². The maximum Gasteiger partial charge on any atom is 0.147 e. The van der Waals surface area contributed by atoms with Gasteiger partial charge in [0.15, 0.2) is 0 Å². The number of para-hydroxylation sites is 2. The molecule has 0 atom stereocenters. The number of hydroxylamine groups is 4. The lowest BCUT2D eigenvalue weighted by atomic mass is 10.3. The summed E-state index contributed by atoms with van der Waals surface area (Å²) in [4.78, 5) is 11.3. The van der Waals surface area contributed by atoms with Crippen LogP contribution in [0.2, 0.25) is 0 Å². The molecule has 2 aromatic rings. The molecule has 0 radical (unpaired) electrons.